The van der Waals surface area contributed by atoms with Crippen LogP contribution < -0.4 is 5.73 Å². The first-order chi connectivity index (χ1) is 13.5. The Labute approximate surface area is 166 Å². The summed E-state index contributed by atoms with van der Waals surface area (Å²) in [7, 11) is 0. The molecule has 0 aliphatic carbocycles. The molecule has 0 unspecified atom stereocenters. The zero-order valence-corrected chi connectivity index (χ0v) is 17.0. The number of benzene rings is 2. The maximum absolute atomic E-state index is 11.0. The molecular formula is C23H29N3O2. The van der Waals surface area contributed by atoms with E-state index in [0.29, 0.717) is 5.71 Å². The van der Waals surface area contributed by atoms with Crippen molar-refractivity contribution in [1.29, 1.82) is 0 Å². The Hall–Kier alpha value is -2.82. The number of carbonyl (C=O) groups is 1. The first-order valence-corrected chi connectivity index (χ1v) is 10.0. The molecule has 3 aromatic rings. The van der Waals surface area contributed by atoms with Crippen LogP contribution in [-0.4, -0.2) is 16.2 Å². The summed E-state index contributed by atoms with van der Waals surface area (Å²) in [6.45, 7) is 6.41. The van der Waals surface area contributed by atoms with Gasteiger partial charge in [0.15, 0.2) is 0 Å². The van der Waals surface area contributed by atoms with Crippen molar-refractivity contribution in [1.82, 2.24) is 4.57 Å². The first-order valence-electron chi connectivity index (χ1n) is 10.0. The molecule has 3 rings (SSSR count). The molecule has 1 aromatic heterocycles. The lowest BCUT2D eigenvalue weighted by Crippen LogP contribution is -2.00. The van der Waals surface area contributed by atoms with Crippen LogP contribution in [0.3, 0.4) is 0 Å². The van der Waals surface area contributed by atoms with Crippen LogP contribution in [0, 0.1) is 0 Å². The van der Waals surface area contributed by atoms with E-state index in [9.17, 15) is 4.79 Å². The first kappa shape index (κ1) is 19.9. The summed E-state index contributed by atoms with van der Waals surface area (Å²) in [6.07, 6.45) is 6.25. The number of hydrogen-bond donors (Lipinski definition) is 1. The lowest BCUT2D eigenvalue weighted by atomic mass is 10.1. The standard InChI is InChI=1S/C23H29N3O2/c1-4-5-6-7-8-13-26-22-11-9-18(16(2)25-28-17(3)27)14-20(22)21-15-19(24)10-12-23(21)26/h9-12,14-15H,4-8,13,24H2,1-3H3/b25-16+. The predicted molar refractivity (Wildman–Crippen MR) is 117 cm³/mol. The molecular weight excluding hydrogens is 350 g/mol. The number of nitrogen functional groups attached to an aromatic ring is 1. The molecule has 148 valence electrons. The van der Waals surface area contributed by atoms with E-state index in [2.05, 4.69) is 34.8 Å². The third kappa shape index (κ3) is 4.35. The molecule has 5 heteroatoms. The number of nitrogens with zero attached hydrogens (tertiary/aromatic N) is 2. The van der Waals surface area contributed by atoms with E-state index >= 15 is 0 Å². The van der Waals surface area contributed by atoms with Gasteiger partial charge in [0, 0.05) is 41.0 Å². The number of aryl methyl sites for hydroxylation is 1. The molecule has 0 atom stereocenters. The van der Waals surface area contributed by atoms with Crippen molar-refractivity contribution in [3.63, 3.8) is 0 Å². The Bertz CT molecular complexity index is 1020. The molecule has 1 heterocycles. The number of aromatic nitrogens is 1. The molecule has 2 aromatic carbocycles. The minimum Gasteiger partial charge on any atom is -0.399 e. The lowest BCUT2D eigenvalue weighted by molar-refractivity contribution is -0.140. The molecule has 0 aliphatic rings. The highest BCUT2D eigenvalue weighted by molar-refractivity contribution is 6.12. The predicted octanol–water partition coefficient (Wildman–Crippen LogP) is 5.63. The van der Waals surface area contributed by atoms with Gasteiger partial charge in [0.2, 0.25) is 0 Å². The summed E-state index contributed by atoms with van der Waals surface area (Å²) in [4.78, 5) is 15.8. The number of hydrogen-bond acceptors (Lipinski definition) is 4. The van der Waals surface area contributed by atoms with Crippen molar-refractivity contribution in [3.8, 4) is 0 Å². The van der Waals surface area contributed by atoms with Gasteiger partial charge >= 0.3 is 5.97 Å². The number of carbonyl (C=O) groups excluding carboxylic acids is 1. The quantitative estimate of drug-likeness (QED) is 0.181. The van der Waals surface area contributed by atoms with Crippen LogP contribution in [0.1, 0.15) is 58.4 Å². The Balaban J connectivity index is 2.00. The summed E-state index contributed by atoms with van der Waals surface area (Å²) in [5.74, 6) is -0.423. The monoisotopic (exact) mass is 379 g/mol. The Morgan fingerprint density at radius 2 is 1.68 bits per heavy atom. The van der Waals surface area contributed by atoms with Gasteiger partial charge in [-0.3, -0.25) is 0 Å². The van der Waals surface area contributed by atoms with Gasteiger partial charge in [-0.25, -0.2) is 4.79 Å². The highest BCUT2D eigenvalue weighted by atomic mass is 16.7. The van der Waals surface area contributed by atoms with Crippen LogP contribution >= 0.6 is 0 Å². The molecule has 0 aliphatic heterocycles. The van der Waals surface area contributed by atoms with Crippen molar-refractivity contribution < 1.29 is 9.63 Å². The van der Waals surface area contributed by atoms with Crippen LogP contribution in [-0.2, 0) is 16.2 Å². The largest absolute Gasteiger partial charge is 0.399 e. The third-order valence-electron chi connectivity index (χ3n) is 5.10. The van der Waals surface area contributed by atoms with E-state index in [1.807, 2.05) is 25.1 Å². The molecule has 0 spiro atoms. The van der Waals surface area contributed by atoms with Crippen molar-refractivity contribution >= 4 is 39.2 Å². The molecule has 0 saturated carbocycles. The smallest absolute Gasteiger partial charge is 0.331 e. The molecule has 2 N–H and O–H groups in total. The van der Waals surface area contributed by atoms with Gasteiger partial charge in [-0.2, -0.15) is 0 Å². The van der Waals surface area contributed by atoms with Gasteiger partial charge in [-0.05, 0) is 49.2 Å². The number of nitrogens with two attached hydrogens (primary N) is 1. The Kier molecular flexibility index (Phi) is 6.34. The van der Waals surface area contributed by atoms with E-state index in [1.165, 1.54) is 43.6 Å². The third-order valence-corrected chi connectivity index (χ3v) is 5.10. The Morgan fingerprint density at radius 1 is 1.00 bits per heavy atom. The molecule has 0 amide bonds. The Morgan fingerprint density at radius 3 is 2.39 bits per heavy atom. The number of fused-ring (bicyclic) bond motifs is 3. The second-order valence-electron chi connectivity index (χ2n) is 7.33. The van der Waals surface area contributed by atoms with Crippen molar-refractivity contribution in [3.05, 3.63) is 42.0 Å². The highest BCUT2D eigenvalue weighted by Crippen LogP contribution is 2.32. The number of unbranched alkanes of at least 4 members (excludes halogenated alkanes) is 4. The summed E-state index contributed by atoms with van der Waals surface area (Å²) < 4.78 is 2.39. The van der Waals surface area contributed by atoms with E-state index in [0.717, 1.165) is 35.0 Å². The molecule has 0 radical (unpaired) electrons. The fraction of sp³-hybridized carbons (Fsp3) is 0.391. The molecule has 0 fully saturated rings. The van der Waals surface area contributed by atoms with E-state index in [1.54, 1.807) is 0 Å². The van der Waals surface area contributed by atoms with Gasteiger partial charge < -0.3 is 15.1 Å². The zero-order valence-electron chi connectivity index (χ0n) is 17.0. The number of rotatable bonds is 8. The average Bonchev–Trinajstić information content (AvgIpc) is 2.98. The van der Waals surface area contributed by atoms with Crippen molar-refractivity contribution in [2.75, 3.05) is 5.73 Å². The van der Waals surface area contributed by atoms with Crippen LogP contribution in [0.25, 0.3) is 21.8 Å². The van der Waals surface area contributed by atoms with E-state index < -0.39 is 5.97 Å². The van der Waals surface area contributed by atoms with E-state index in [-0.39, 0.29) is 0 Å². The van der Waals surface area contributed by atoms with Crippen molar-refractivity contribution in [2.45, 2.75) is 59.4 Å². The summed E-state index contributed by atoms with van der Waals surface area (Å²) >= 11 is 0. The SMILES string of the molecule is CCCCCCCn1c2ccc(N)cc2c2cc(/C(C)=N/OC(C)=O)ccc21. The van der Waals surface area contributed by atoms with Crippen LogP contribution in [0.4, 0.5) is 5.69 Å². The van der Waals surface area contributed by atoms with E-state index in [4.69, 9.17) is 10.6 Å². The summed E-state index contributed by atoms with van der Waals surface area (Å²) in [5.41, 5.74) is 10.8. The topological polar surface area (TPSA) is 69.6 Å². The van der Waals surface area contributed by atoms with Crippen LogP contribution in [0.2, 0.25) is 0 Å². The lowest BCUT2D eigenvalue weighted by Gasteiger charge is -2.08. The van der Waals surface area contributed by atoms with Crippen LogP contribution in [0.15, 0.2) is 41.6 Å². The minimum absolute atomic E-state index is 0.423. The minimum atomic E-state index is -0.423. The fourth-order valence-electron chi connectivity index (χ4n) is 3.65. The highest BCUT2D eigenvalue weighted by Gasteiger charge is 2.12. The normalized spacial score (nSPS) is 12.0. The average molecular weight is 380 g/mol. The molecule has 28 heavy (non-hydrogen) atoms. The van der Waals surface area contributed by atoms with Gasteiger partial charge in [0.1, 0.15) is 0 Å². The molecule has 5 nitrogen and oxygen atoms in total. The zero-order chi connectivity index (χ0) is 20.1. The summed E-state index contributed by atoms with van der Waals surface area (Å²) in [5, 5.41) is 6.21. The number of oxime groups is 1. The van der Waals surface area contributed by atoms with Gasteiger partial charge in [-0.1, -0.05) is 43.8 Å². The van der Waals surface area contributed by atoms with Gasteiger partial charge in [0.25, 0.3) is 0 Å². The maximum Gasteiger partial charge on any atom is 0.331 e. The van der Waals surface area contributed by atoms with Gasteiger partial charge in [-0.15, -0.1) is 0 Å². The maximum atomic E-state index is 11.0. The summed E-state index contributed by atoms with van der Waals surface area (Å²) in [6, 6.07) is 12.4. The van der Waals surface area contributed by atoms with Gasteiger partial charge in [0.05, 0.1) is 5.71 Å². The van der Waals surface area contributed by atoms with Crippen LogP contribution in [0.5, 0.6) is 0 Å². The molecule has 0 saturated heterocycles. The number of anilines is 1. The fourth-order valence-corrected chi connectivity index (χ4v) is 3.65. The molecule has 0 bridgehead atoms. The van der Waals surface area contributed by atoms with Crippen molar-refractivity contribution in [2.24, 2.45) is 5.16 Å². The second kappa shape index (κ2) is 8.91. The second-order valence-corrected chi connectivity index (χ2v) is 7.33.